The van der Waals surface area contributed by atoms with Crippen LogP contribution in [0.5, 0.6) is 0 Å². The van der Waals surface area contributed by atoms with Crippen molar-refractivity contribution < 1.29 is 4.79 Å². The van der Waals surface area contributed by atoms with Crippen LogP contribution in [-0.2, 0) is 4.79 Å². The van der Waals surface area contributed by atoms with E-state index >= 15 is 0 Å². The van der Waals surface area contributed by atoms with E-state index in [1.165, 1.54) is 0 Å². The fraction of sp³-hybridized carbons (Fsp3) is 0.188. The number of carbonyl (C=O) groups excluding carboxylic acids is 1. The second-order valence-corrected chi connectivity index (χ2v) is 6.14. The maximum Gasteiger partial charge on any atom is 0.244 e. The molecule has 20 heavy (non-hydrogen) atoms. The first-order valence-corrected chi connectivity index (χ1v) is 7.41. The molecule has 0 radical (unpaired) electrons. The highest BCUT2D eigenvalue weighted by molar-refractivity contribution is 7.99. The monoisotopic (exact) mass is 284 g/mol. The maximum atomic E-state index is 12.1. The predicted octanol–water partition coefficient (Wildman–Crippen LogP) is 3.27. The smallest absolute Gasteiger partial charge is 0.244 e. The van der Waals surface area contributed by atoms with Gasteiger partial charge in [-0.3, -0.25) is 4.79 Å². The Morgan fingerprint density at radius 1 is 1.05 bits per heavy atom. The average Bonchev–Trinajstić information content (AvgIpc) is 3.21. The number of para-hydroxylation sites is 1. The molecule has 1 aliphatic carbocycles. The Bertz CT molecular complexity index is 623. The summed E-state index contributed by atoms with van der Waals surface area (Å²) in [6.45, 7) is 0. The summed E-state index contributed by atoms with van der Waals surface area (Å²) in [4.78, 5) is 14.2. The molecule has 0 heterocycles. The first kappa shape index (κ1) is 13.2. The summed E-state index contributed by atoms with van der Waals surface area (Å²) >= 11 is 1.63. The minimum Gasteiger partial charge on any atom is -0.323 e. The van der Waals surface area contributed by atoms with Crippen LogP contribution in [0.15, 0.2) is 64.4 Å². The number of amides is 1. The molecule has 0 unspecified atom stereocenters. The van der Waals surface area contributed by atoms with E-state index in [-0.39, 0.29) is 5.91 Å². The molecule has 1 amide bonds. The zero-order valence-corrected chi connectivity index (χ0v) is 11.8. The lowest BCUT2D eigenvalue weighted by Crippen LogP contribution is -2.37. The number of benzene rings is 2. The van der Waals surface area contributed by atoms with Crippen molar-refractivity contribution in [2.45, 2.75) is 28.2 Å². The van der Waals surface area contributed by atoms with E-state index in [1.807, 2.05) is 42.5 Å². The second kappa shape index (κ2) is 5.31. The first-order valence-electron chi connectivity index (χ1n) is 6.60. The van der Waals surface area contributed by atoms with Crippen molar-refractivity contribution in [3.63, 3.8) is 0 Å². The zero-order valence-electron chi connectivity index (χ0n) is 11.0. The molecular weight excluding hydrogens is 268 g/mol. The maximum absolute atomic E-state index is 12.1. The van der Waals surface area contributed by atoms with E-state index in [9.17, 15) is 4.79 Å². The van der Waals surface area contributed by atoms with Crippen molar-refractivity contribution in [3.05, 3.63) is 54.6 Å². The van der Waals surface area contributed by atoms with E-state index in [0.717, 1.165) is 28.3 Å². The van der Waals surface area contributed by atoms with Gasteiger partial charge in [0.2, 0.25) is 5.91 Å². The lowest BCUT2D eigenvalue weighted by atomic mass is 10.2. The summed E-state index contributed by atoms with van der Waals surface area (Å²) < 4.78 is 0. The number of nitrogens with two attached hydrogens (primary N) is 1. The molecule has 3 nitrogen and oxygen atoms in total. The SMILES string of the molecule is NC1(C(=O)Nc2ccccc2Sc2ccccc2)CC1. The molecule has 4 heteroatoms. The van der Waals surface area contributed by atoms with Crippen molar-refractivity contribution in [2.75, 3.05) is 5.32 Å². The van der Waals surface area contributed by atoms with Gasteiger partial charge in [-0.1, -0.05) is 42.1 Å². The van der Waals surface area contributed by atoms with Gasteiger partial charge in [0.1, 0.15) is 0 Å². The minimum atomic E-state index is -0.648. The van der Waals surface area contributed by atoms with Crippen molar-refractivity contribution in [1.82, 2.24) is 0 Å². The quantitative estimate of drug-likeness (QED) is 0.906. The van der Waals surface area contributed by atoms with Gasteiger partial charge in [-0.05, 0) is 37.1 Å². The molecule has 2 aromatic rings. The molecule has 1 aliphatic rings. The third kappa shape index (κ3) is 2.86. The molecule has 0 aliphatic heterocycles. The summed E-state index contributed by atoms with van der Waals surface area (Å²) in [6, 6.07) is 17.9. The Labute approximate surface area is 122 Å². The largest absolute Gasteiger partial charge is 0.323 e. The van der Waals surface area contributed by atoms with Gasteiger partial charge in [-0.25, -0.2) is 0 Å². The molecule has 0 atom stereocenters. The summed E-state index contributed by atoms with van der Waals surface area (Å²) in [5, 5.41) is 2.95. The van der Waals surface area contributed by atoms with E-state index in [1.54, 1.807) is 11.8 Å². The molecule has 3 N–H and O–H groups in total. The number of anilines is 1. The van der Waals surface area contributed by atoms with Crippen LogP contribution < -0.4 is 11.1 Å². The fourth-order valence-corrected chi connectivity index (χ4v) is 2.81. The topological polar surface area (TPSA) is 55.1 Å². The van der Waals surface area contributed by atoms with Crippen LogP contribution in [0.3, 0.4) is 0 Å². The highest BCUT2D eigenvalue weighted by Crippen LogP contribution is 2.36. The Balaban J connectivity index is 1.79. The highest BCUT2D eigenvalue weighted by atomic mass is 32.2. The number of carbonyl (C=O) groups is 1. The van der Waals surface area contributed by atoms with Crippen LogP contribution in [0.1, 0.15) is 12.8 Å². The molecule has 2 aromatic carbocycles. The Morgan fingerprint density at radius 3 is 2.40 bits per heavy atom. The zero-order chi connectivity index (χ0) is 14.0. The number of hydrogen-bond acceptors (Lipinski definition) is 3. The van der Waals surface area contributed by atoms with Crippen LogP contribution in [0.25, 0.3) is 0 Å². The molecule has 1 fully saturated rings. The third-order valence-electron chi connectivity index (χ3n) is 3.35. The fourth-order valence-electron chi connectivity index (χ4n) is 1.88. The van der Waals surface area contributed by atoms with Crippen LogP contribution in [0.4, 0.5) is 5.69 Å². The normalized spacial score (nSPS) is 15.7. The molecule has 3 rings (SSSR count). The van der Waals surface area contributed by atoms with Crippen molar-refractivity contribution >= 4 is 23.4 Å². The van der Waals surface area contributed by atoms with Gasteiger partial charge in [0.05, 0.1) is 11.2 Å². The first-order chi connectivity index (χ1) is 9.67. The molecule has 0 aromatic heterocycles. The lowest BCUT2D eigenvalue weighted by molar-refractivity contribution is -0.118. The van der Waals surface area contributed by atoms with E-state index in [4.69, 9.17) is 5.73 Å². The van der Waals surface area contributed by atoms with Crippen LogP contribution in [-0.4, -0.2) is 11.4 Å². The second-order valence-electron chi connectivity index (χ2n) is 5.02. The minimum absolute atomic E-state index is 0.0846. The van der Waals surface area contributed by atoms with Crippen molar-refractivity contribution in [3.8, 4) is 0 Å². The number of nitrogens with one attached hydrogen (secondary N) is 1. The Kier molecular flexibility index (Phi) is 3.51. The van der Waals surface area contributed by atoms with Gasteiger partial charge in [-0.15, -0.1) is 0 Å². The summed E-state index contributed by atoms with van der Waals surface area (Å²) in [5.74, 6) is -0.0846. The molecule has 102 valence electrons. The van der Waals surface area contributed by atoms with Crippen molar-refractivity contribution in [2.24, 2.45) is 5.73 Å². The van der Waals surface area contributed by atoms with Crippen LogP contribution in [0, 0.1) is 0 Å². The van der Waals surface area contributed by atoms with E-state index in [0.29, 0.717) is 0 Å². The van der Waals surface area contributed by atoms with E-state index < -0.39 is 5.54 Å². The molecule has 1 saturated carbocycles. The van der Waals surface area contributed by atoms with Gasteiger partial charge < -0.3 is 11.1 Å². The van der Waals surface area contributed by atoms with Crippen molar-refractivity contribution in [1.29, 1.82) is 0 Å². The third-order valence-corrected chi connectivity index (χ3v) is 4.43. The summed E-state index contributed by atoms with van der Waals surface area (Å²) in [5.41, 5.74) is 6.10. The molecule has 0 saturated heterocycles. The van der Waals surface area contributed by atoms with Gasteiger partial charge in [0.25, 0.3) is 0 Å². The Hall–Kier alpha value is -1.78. The number of hydrogen-bond donors (Lipinski definition) is 2. The summed E-state index contributed by atoms with van der Waals surface area (Å²) in [6.07, 6.45) is 1.54. The van der Waals surface area contributed by atoms with Gasteiger partial charge >= 0.3 is 0 Å². The van der Waals surface area contributed by atoms with E-state index in [2.05, 4.69) is 17.4 Å². The highest BCUT2D eigenvalue weighted by Gasteiger charge is 2.46. The molecule has 0 bridgehead atoms. The molecule has 0 spiro atoms. The van der Waals surface area contributed by atoms with Gasteiger partial charge in [0, 0.05) is 9.79 Å². The van der Waals surface area contributed by atoms with Crippen LogP contribution >= 0.6 is 11.8 Å². The number of rotatable bonds is 4. The standard InChI is InChI=1S/C16H16N2OS/c17-16(10-11-16)15(19)18-13-8-4-5-9-14(13)20-12-6-2-1-3-7-12/h1-9H,10-11,17H2,(H,18,19). The molecular formula is C16H16N2OS. The van der Waals surface area contributed by atoms with Gasteiger partial charge in [-0.2, -0.15) is 0 Å². The van der Waals surface area contributed by atoms with Crippen LogP contribution in [0.2, 0.25) is 0 Å². The Morgan fingerprint density at radius 2 is 1.70 bits per heavy atom. The lowest BCUT2D eigenvalue weighted by Gasteiger charge is -2.13. The average molecular weight is 284 g/mol. The predicted molar refractivity (Wildman–Crippen MR) is 81.8 cm³/mol. The van der Waals surface area contributed by atoms with Gasteiger partial charge in [0.15, 0.2) is 0 Å². The summed E-state index contributed by atoms with van der Waals surface area (Å²) in [7, 11) is 0.